The number of amides is 1. The minimum absolute atomic E-state index is 0.111. The molecular formula is C16H23ClN2O. The van der Waals surface area contributed by atoms with Gasteiger partial charge in [0.1, 0.15) is 0 Å². The Balaban J connectivity index is 1.78. The minimum atomic E-state index is 0.111. The Labute approximate surface area is 126 Å². The molecule has 1 unspecified atom stereocenters. The van der Waals surface area contributed by atoms with E-state index in [0.717, 1.165) is 23.6 Å². The molecule has 4 heteroatoms. The van der Waals surface area contributed by atoms with Crippen LogP contribution in [0.25, 0.3) is 0 Å². The number of carbonyl (C=O) groups is 1. The van der Waals surface area contributed by atoms with Crippen molar-refractivity contribution < 1.29 is 4.79 Å². The number of piperidine rings is 1. The maximum absolute atomic E-state index is 12.0. The van der Waals surface area contributed by atoms with E-state index >= 15 is 0 Å². The van der Waals surface area contributed by atoms with E-state index in [9.17, 15) is 4.79 Å². The van der Waals surface area contributed by atoms with Gasteiger partial charge in [0.2, 0.25) is 5.91 Å². The lowest BCUT2D eigenvalue weighted by Gasteiger charge is -2.34. The van der Waals surface area contributed by atoms with Crippen LogP contribution in [0.5, 0.6) is 0 Å². The number of nitrogens with zero attached hydrogens (tertiary/aromatic N) is 1. The zero-order valence-corrected chi connectivity index (χ0v) is 12.8. The van der Waals surface area contributed by atoms with Gasteiger partial charge in [-0.15, -0.1) is 0 Å². The third kappa shape index (κ3) is 4.50. The molecule has 1 fully saturated rings. The van der Waals surface area contributed by atoms with Crippen molar-refractivity contribution in [2.45, 2.75) is 45.2 Å². The van der Waals surface area contributed by atoms with E-state index in [1.165, 1.54) is 19.3 Å². The van der Waals surface area contributed by atoms with Crippen LogP contribution < -0.4 is 5.32 Å². The maximum atomic E-state index is 12.0. The van der Waals surface area contributed by atoms with Crippen molar-refractivity contribution in [1.29, 1.82) is 0 Å². The van der Waals surface area contributed by atoms with Gasteiger partial charge in [-0.25, -0.2) is 0 Å². The Bertz CT molecular complexity index is 433. The molecule has 0 aliphatic carbocycles. The summed E-state index contributed by atoms with van der Waals surface area (Å²) in [4.78, 5) is 14.4. The molecule has 1 aromatic carbocycles. The van der Waals surface area contributed by atoms with Gasteiger partial charge in [-0.2, -0.15) is 0 Å². The summed E-state index contributed by atoms with van der Waals surface area (Å²) in [7, 11) is 0. The number of halogens is 1. The molecule has 3 nitrogen and oxygen atoms in total. The molecular weight excluding hydrogens is 272 g/mol. The first-order valence-electron chi connectivity index (χ1n) is 7.44. The van der Waals surface area contributed by atoms with Crippen LogP contribution in [0.4, 0.5) is 0 Å². The highest BCUT2D eigenvalue weighted by Gasteiger charge is 2.22. The minimum Gasteiger partial charge on any atom is -0.351 e. The fourth-order valence-corrected chi connectivity index (χ4v) is 2.90. The molecule has 0 bridgehead atoms. The van der Waals surface area contributed by atoms with Gasteiger partial charge in [0.25, 0.3) is 0 Å². The predicted octanol–water partition coefficient (Wildman–Crippen LogP) is 3.22. The van der Waals surface area contributed by atoms with Crippen LogP contribution in [-0.2, 0) is 11.3 Å². The number of nitrogens with one attached hydrogen (secondary N) is 1. The summed E-state index contributed by atoms with van der Waals surface area (Å²) < 4.78 is 0. The third-order valence-electron chi connectivity index (χ3n) is 3.97. The first-order valence-corrected chi connectivity index (χ1v) is 7.82. The van der Waals surface area contributed by atoms with Crippen LogP contribution >= 0.6 is 11.6 Å². The molecule has 2 rings (SSSR count). The summed E-state index contributed by atoms with van der Waals surface area (Å²) in [5.41, 5.74) is 1.08. The second kappa shape index (κ2) is 7.65. The molecule has 0 saturated carbocycles. The lowest BCUT2D eigenvalue weighted by atomic mass is 10.00. The Morgan fingerprint density at radius 3 is 2.80 bits per heavy atom. The van der Waals surface area contributed by atoms with Crippen molar-refractivity contribution >= 4 is 17.5 Å². The zero-order chi connectivity index (χ0) is 14.4. The lowest BCUT2D eigenvalue weighted by molar-refractivity contribution is -0.123. The average Bonchev–Trinajstić information content (AvgIpc) is 2.47. The maximum Gasteiger partial charge on any atom is 0.234 e. The van der Waals surface area contributed by atoms with Crippen molar-refractivity contribution in [3.05, 3.63) is 34.9 Å². The first kappa shape index (κ1) is 15.3. The Morgan fingerprint density at radius 2 is 2.10 bits per heavy atom. The summed E-state index contributed by atoms with van der Waals surface area (Å²) in [5, 5.41) is 3.71. The molecule has 1 atom stereocenters. The third-order valence-corrected chi connectivity index (χ3v) is 4.22. The Hall–Kier alpha value is -1.06. The second-order valence-electron chi connectivity index (χ2n) is 5.43. The fourth-order valence-electron chi connectivity index (χ4n) is 2.77. The van der Waals surface area contributed by atoms with Crippen molar-refractivity contribution in [3.63, 3.8) is 0 Å². The van der Waals surface area contributed by atoms with Gasteiger partial charge in [-0.1, -0.05) is 37.1 Å². The highest BCUT2D eigenvalue weighted by Crippen LogP contribution is 2.18. The van der Waals surface area contributed by atoms with Crippen LogP contribution in [0, 0.1) is 0 Å². The molecule has 1 heterocycles. The molecule has 1 amide bonds. The van der Waals surface area contributed by atoms with E-state index in [4.69, 9.17) is 11.6 Å². The highest BCUT2D eigenvalue weighted by atomic mass is 35.5. The van der Waals surface area contributed by atoms with Crippen molar-refractivity contribution in [2.24, 2.45) is 0 Å². The fraction of sp³-hybridized carbons (Fsp3) is 0.562. The number of carbonyl (C=O) groups excluding carboxylic acids is 1. The molecule has 110 valence electrons. The second-order valence-corrected chi connectivity index (χ2v) is 5.87. The van der Waals surface area contributed by atoms with Crippen LogP contribution in [0.2, 0.25) is 5.02 Å². The molecule has 1 N–H and O–H groups in total. The summed E-state index contributed by atoms with van der Waals surface area (Å²) in [6.07, 6.45) is 4.85. The van der Waals surface area contributed by atoms with E-state index in [0.29, 0.717) is 19.1 Å². The van der Waals surface area contributed by atoms with Crippen molar-refractivity contribution in [3.8, 4) is 0 Å². The lowest BCUT2D eigenvalue weighted by Crippen LogP contribution is -2.45. The molecule has 20 heavy (non-hydrogen) atoms. The van der Waals surface area contributed by atoms with Gasteiger partial charge < -0.3 is 5.32 Å². The smallest absolute Gasteiger partial charge is 0.234 e. The highest BCUT2D eigenvalue weighted by molar-refractivity contribution is 6.30. The number of rotatable bonds is 5. The summed E-state index contributed by atoms with van der Waals surface area (Å²) >= 11 is 5.84. The van der Waals surface area contributed by atoms with Gasteiger partial charge in [0, 0.05) is 17.6 Å². The molecule has 1 saturated heterocycles. The number of hydrogen-bond acceptors (Lipinski definition) is 2. The van der Waals surface area contributed by atoms with Gasteiger partial charge in [-0.05, 0) is 43.5 Å². The van der Waals surface area contributed by atoms with Gasteiger partial charge in [0.15, 0.2) is 0 Å². The van der Waals surface area contributed by atoms with Crippen LogP contribution in [-0.4, -0.2) is 29.9 Å². The van der Waals surface area contributed by atoms with Crippen LogP contribution in [0.15, 0.2) is 24.3 Å². The standard InChI is InChI=1S/C16H23ClN2O/c1-2-15-5-3-4-10-19(15)12-16(20)18-11-13-6-8-14(17)9-7-13/h6-9,15H,2-5,10-12H2,1H3,(H,18,20). The van der Waals surface area contributed by atoms with Gasteiger partial charge in [-0.3, -0.25) is 9.69 Å². The topological polar surface area (TPSA) is 32.3 Å². The summed E-state index contributed by atoms with van der Waals surface area (Å²) in [5.74, 6) is 0.111. The monoisotopic (exact) mass is 294 g/mol. The number of benzene rings is 1. The normalized spacial score (nSPS) is 19.8. The van der Waals surface area contributed by atoms with Crippen LogP contribution in [0.3, 0.4) is 0 Å². The van der Waals surface area contributed by atoms with E-state index in [2.05, 4.69) is 17.1 Å². The average molecular weight is 295 g/mol. The van der Waals surface area contributed by atoms with Crippen molar-refractivity contribution in [2.75, 3.05) is 13.1 Å². The molecule has 0 aromatic heterocycles. The Morgan fingerprint density at radius 1 is 1.35 bits per heavy atom. The van der Waals surface area contributed by atoms with E-state index in [-0.39, 0.29) is 5.91 Å². The van der Waals surface area contributed by atoms with Crippen LogP contribution in [0.1, 0.15) is 38.2 Å². The predicted molar refractivity (Wildman–Crippen MR) is 82.8 cm³/mol. The van der Waals surface area contributed by atoms with E-state index in [1.54, 1.807) is 0 Å². The molecule has 1 aromatic rings. The molecule has 0 radical (unpaired) electrons. The Kier molecular flexibility index (Phi) is 5.86. The molecule has 0 spiro atoms. The summed E-state index contributed by atoms with van der Waals surface area (Å²) in [6, 6.07) is 8.16. The largest absolute Gasteiger partial charge is 0.351 e. The SMILES string of the molecule is CCC1CCCCN1CC(=O)NCc1ccc(Cl)cc1. The number of likely N-dealkylation sites (tertiary alicyclic amines) is 1. The zero-order valence-electron chi connectivity index (χ0n) is 12.1. The quantitative estimate of drug-likeness (QED) is 0.904. The van der Waals surface area contributed by atoms with E-state index < -0.39 is 0 Å². The van der Waals surface area contributed by atoms with Gasteiger partial charge >= 0.3 is 0 Å². The molecule has 1 aliphatic rings. The first-order chi connectivity index (χ1) is 9.69. The van der Waals surface area contributed by atoms with Crippen molar-refractivity contribution in [1.82, 2.24) is 10.2 Å². The van der Waals surface area contributed by atoms with E-state index in [1.807, 2.05) is 24.3 Å². The number of hydrogen-bond donors (Lipinski definition) is 1. The summed E-state index contributed by atoms with van der Waals surface area (Å²) in [6.45, 7) is 4.34. The molecule has 1 aliphatic heterocycles. The van der Waals surface area contributed by atoms with Gasteiger partial charge in [0.05, 0.1) is 6.54 Å².